The number of aryl methyl sites for hydroxylation is 1. The third-order valence-corrected chi connectivity index (χ3v) is 9.88. The van der Waals surface area contributed by atoms with Crippen molar-refractivity contribution in [2.75, 3.05) is 51.4 Å². The van der Waals surface area contributed by atoms with Crippen molar-refractivity contribution in [3.63, 3.8) is 0 Å². The van der Waals surface area contributed by atoms with Gasteiger partial charge in [0.25, 0.3) is 5.91 Å². The molecule has 0 bridgehead atoms. The normalized spacial score (nSPS) is 14.0. The summed E-state index contributed by atoms with van der Waals surface area (Å²) in [6.45, 7) is 9.89. The lowest BCUT2D eigenvalue weighted by Crippen LogP contribution is -2.47. The summed E-state index contributed by atoms with van der Waals surface area (Å²) in [6, 6.07) is 14.3. The summed E-state index contributed by atoms with van der Waals surface area (Å²) in [5.41, 5.74) is 1.85. The number of hydroxylamine groups is 3. The largest absolute Gasteiger partial charge is 0.493 e. The zero-order chi connectivity index (χ0) is 37.8. The number of nitrogens with zero attached hydrogens (tertiary/aromatic N) is 3. The maximum atomic E-state index is 14.2. The zero-order valence-corrected chi connectivity index (χ0v) is 31.9. The molecule has 0 saturated carbocycles. The van der Waals surface area contributed by atoms with Gasteiger partial charge in [-0.3, -0.25) is 9.59 Å². The van der Waals surface area contributed by atoms with E-state index in [1.165, 1.54) is 30.4 Å². The zero-order valence-electron chi connectivity index (χ0n) is 31.9. The molecule has 1 amide bonds. The van der Waals surface area contributed by atoms with Gasteiger partial charge in [0.15, 0.2) is 0 Å². The van der Waals surface area contributed by atoms with Crippen molar-refractivity contribution in [3.8, 4) is 17.2 Å². The summed E-state index contributed by atoms with van der Waals surface area (Å²) in [5.74, 6) is -1.06. The Morgan fingerprint density at radius 1 is 0.792 bits per heavy atom. The maximum absolute atomic E-state index is 14.2. The van der Waals surface area contributed by atoms with Crippen molar-refractivity contribution in [1.82, 2.24) is 4.57 Å². The second kappa shape index (κ2) is 19.2. The Balaban J connectivity index is 1.43. The number of benzene rings is 3. The molecule has 0 aliphatic carbocycles. The summed E-state index contributed by atoms with van der Waals surface area (Å²) < 4.78 is 43.1. The summed E-state index contributed by atoms with van der Waals surface area (Å²) in [5, 5.41) is 0.363. The molecule has 0 spiro atoms. The first-order valence-corrected chi connectivity index (χ1v) is 19.5. The van der Waals surface area contributed by atoms with E-state index >= 15 is 0 Å². The number of unbranched alkanes of at least 4 members (excludes halogenated alkanes) is 4. The van der Waals surface area contributed by atoms with Gasteiger partial charge in [-0.2, -0.15) is 4.65 Å². The number of amides is 1. The molecule has 1 aromatic heterocycles. The van der Waals surface area contributed by atoms with E-state index in [1.807, 2.05) is 48.7 Å². The molecule has 0 radical (unpaired) electrons. The summed E-state index contributed by atoms with van der Waals surface area (Å²) in [7, 11) is 2.20. The average Bonchev–Trinajstić information content (AvgIpc) is 3.14. The van der Waals surface area contributed by atoms with Crippen LogP contribution >= 0.6 is 0 Å². The van der Waals surface area contributed by atoms with E-state index in [0.717, 1.165) is 99.5 Å². The van der Waals surface area contributed by atoms with Crippen LogP contribution in [0.5, 0.6) is 11.5 Å². The molecule has 4 aromatic rings. The van der Waals surface area contributed by atoms with Crippen LogP contribution in [0.3, 0.4) is 0 Å². The number of aromatic nitrogens is 1. The quantitative estimate of drug-likeness (QED) is 0.0710. The van der Waals surface area contributed by atoms with E-state index in [1.54, 1.807) is 13.0 Å². The van der Waals surface area contributed by atoms with E-state index in [-0.39, 0.29) is 17.8 Å². The number of pyridine rings is 1. The van der Waals surface area contributed by atoms with Gasteiger partial charge >= 0.3 is 0 Å². The fraction of sp³-hybridized carbons (Fsp3) is 0.488. The monoisotopic (exact) mass is 732 g/mol. The predicted octanol–water partition coefficient (Wildman–Crippen LogP) is 9.57. The molecule has 0 unspecified atom stereocenters. The molecule has 8 nitrogen and oxygen atoms in total. The Morgan fingerprint density at radius 2 is 1.43 bits per heavy atom. The number of hydrogen-bond acceptors (Lipinski definition) is 5. The van der Waals surface area contributed by atoms with E-state index in [0.29, 0.717) is 41.3 Å². The lowest BCUT2D eigenvalue weighted by molar-refractivity contribution is -1.09. The van der Waals surface area contributed by atoms with Gasteiger partial charge in [0.05, 0.1) is 31.5 Å². The van der Waals surface area contributed by atoms with E-state index in [9.17, 15) is 18.4 Å². The topological polar surface area (TPSA) is 70.0 Å². The number of ether oxygens (including phenoxy) is 2. The molecule has 2 heterocycles. The Bertz CT molecular complexity index is 1840. The summed E-state index contributed by atoms with van der Waals surface area (Å²) >= 11 is 0. The Morgan fingerprint density at radius 3 is 2.08 bits per heavy atom. The molecule has 1 aliphatic heterocycles. The number of carbonyl (C=O) groups is 1. The van der Waals surface area contributed by atoms with Gasteiger partial charge in [-0.05, 0) is 88.1 Å². The lowest BCUT2D eigenvalue weighted by Gasteiger charge is -2.34. The summed E-state index contributed by atoms with van der Waals surface area (Å²) in [4.78, 5) is 35.6. The first kappa shape index (κ1) is 39.9. The predicted molar refractivity (Wildman–Crippen MR) is 207 cm³/mol. The molecule has 0 N–H and O–H groups in total. The van der Waals surface area contributed by atoms with Crippen molar-refractivity contribution in [2.45, 2.75) is 91.4 Å². The molecule has 53 heavy (non-hydrogen) atoms. The fourth-order valence-corrected chi connectivity index (χ4v) is 7.04. The van der Waals surface area contributed by atoms with Gasteiger partial charge in [-0.25, -0.2) is 13.6 Å². The van der Waals surface area contributed by atoms with Crippen LogP contribution in [0.1, 0.15) is 101 Å². The minimum atomic E-state index is -0.810. The standard InChI is InChI=1S/C43H56F2N3O5/c1-5-21-51-37-28-36(29-38(30-37)52-22-6-2)47-31-40(43(50)46(7-3)35-26-33(44)25-34(45)27-35)42(49)39-18-17-32(24-41(39)47)16-12-9-8-10-15-23-53-48(4)19-13-11-14-20-48/h17-18,24-31H,5-16,19-23H2,1-4H3/q+1. The highest BCUT2D eigenvalue weighted by molar-refractivity contribution is 6.07. The minimum Gasteiger partial charge on any atom is -0.493 e. The fourth-order valence-electron chi connectivity index (χ4n) is 7.04. The van der Waals surface area contributed by atoms with E-state index in [2.05, 4.69) is 7.05 Å². The SMILES string of the molecule is CCCOc1cc(OCCC)cc(-n2cc(C(=O)N(CC)c3cc(F)cc(F)c3)c(=O)c3ccc(CCCCCCCO[N+]4(C)CCCCC4)cc32)c1. The van der Waals surface area contributed by atoms with Crippen molar-refractivity contribution in [3.05, 3.63) is 93.8 Å². The highest BCUT2D eigenvalue weighted by atomic mass is 19.1. The Kier molecular flexibility index (Phi) is 14.4. The van der Waals surface area contributed by atoms with Crippen LogP contribution in [-0.2, 0) is 11.3 Å². The smallest absolute Gasteiger partial charge is 0.263 e. The van der Waals surface area contributed by atoms with Crippen LogP contribution in [0.4, 0.5) is 14.5 Å². The molecule has 286 valence electrons. The molecule has 3 aromatic carbocycles. The van der Waals surface area contributed by atoms with Crippen LogP contribution in [0, 0.1) is 11.6 Å². The molecular formula is C43H56F2N3O5+. The second-order valence-corrected chi connectivity index (χ2v) is 14.3. The number of carbonyl (C=O) groups excluding carboxylic acids is 1. The third kappa shape index (κ3) is 10.7. The molecule has 0 atom stereocenters. The van der Waals surface area contributed by atoms with Gasteiger partial charge in [0.2, 0.25) is 5.43 Å². The number of fused-ring (bicyclic) bond motifs is 1. The van der Waals surface area contributed by atoms with Crippen molar-refractivity contribution in [2.24, 2.45) is 0 Å². The average molecular weight is 733 g/mol. The van der Waals surface area contributed by atoms with Gasteiger partial charge < -0.3 is 18.9 Å². The van der Waals surface area contributed by atoms with Crippen LogP contribution in [0.15, 0.2) is 65.6 Å². The van der Waals surface area contributed by atoms with Gasteiger partial charge in [-0.15, -0.1) is 0 Å². The third-order valence-electron chi connectivity index (χ3n) is 9.88. The molecule has 10 heteroatoms. The Labute approximate surface area is 312 Å². The van der Waals surface area contributed by atoms with E-state index in [4.69, 9.17) is 14.3 Å². The van der Waals surface area contributed by atoms with Crippen LogP contribution in [-0.4, -0.2) is 61.6 Å². The van der Waals surface area contributed by atoms with Crippen molar-refractivity contribution >= 4 is 22.5 Å². The van der Waals surface area contributed by atoms with Crippen LogP contribution in [0.2, 0.25) is 0 Å². The highest BCUT2D eigenvalue weighted by Crippen LogP contribution is 2.30. The van der Waals surface area contributed by atoms with Gasteiger partial charge in [-0.1, -0.05) is 39.2 Å². The van der Waals surface area contributed by atoms with Gasteiger partial charge in [0.1, 0.15) is 48.4 Å². The molecular weight excluding hydrogens is 676 g/mol. The minimum absolute atomic E-state index is 0.0341. The lowest BCUT2D eigenvalue weighted by atomic mass is 10.0. The van der Waals surface area contributed by atoms with Crippen LogP contribution in [0.25, 0.3) is 16.6 Å². The number of hydrogen-bond donors (Lipinski definition) is 0. The number of anilines is 1. The molecule has 1 saturated heterocycles. The number of quaternary nitrogens is 1. The van der Waals surface area contributed by atoms with Crippen molar-refractivity contribution < 1.29 is 32.5 Å². The number of likely N-dealkylation sites (tertiary alicyclic amines) is 1. The first-order chi connectivity index (χ1) is 25.6. The van der Waals surface area contributed by atoms with Crippen molar-refractivity contribution in [1.29, 1.82) is 0 Å². The second-order valence-electron chi connectivity index (χ2n) is 14.3. The molecule has 1 fully saturated rings. The van der Waals surface area contributed by atoms with Crippen LogP contribution < -0.4 is 19.8 Å². The first-order valence-electron chi connectivity index (χ1n) is 19.5. The Hall–Kier alpha value is -4.28. The number of rotatable bonds is 19. The molecule has 5 rings (SSSR count). The maximum Gasteiger partial charge on any atom is 0.263 e. The molecule has 1 aliphatic rings. The van der Waals surface area contributed by atoms with Gasteiger partial charge in [0, 0.05) is 48.1 Å². The highest BCUT2D eigenvalue weighted by Gasteiger charge is 2.26. The number of piperidine rings is 1. The summed E-state index contributed by atoms with van der Waals surface area (Å²) in [6.07, 6.45) is 13.2. The number of halogens is 2. The van der Waals surface area contributed by atoms with E-state index < -0.39 is 23.0 Å².